The monoisotopic (exact) mass is 315 g/mol. The molecule has 0 spiro atoms. The Labute approximate surface area is 132 Å². The standard InChI is InChI=1S/C17H18FN3O2/c1-9-7-10(2)20-16(22)14(9)17(23)21-13-4-3-11-8-19-6-5-12(11)15(13)18/h3-4,7,19H,5-6,8H2,1-2H3,(H,20,22)(H,21,23). The molecular formula is C17H18FN3O2. The van der Waals surface area contributed by atoms with Crippen LogP contribution in [-0.2, 0) is 13.0 Å². The third-order valence-corrected chi connectivity index (χ3v) is 4.05. The minimum atomic E-state index is -0.600. The summed E-state index contributed by atoms with van der Waals surface area (Å²) in [5.74, 6) is -1.02. The lowest BCUT2D eigenvalue weighted by Crippen LogP contribution is -2.27. The third-order valence-electron chi connectivity index (χ3n) is 4.05. The average Bonchev–Trinajstić information content (AvgIpc) is 2.49. The van der Waals surface area contributed by atoms with E-state index < -0.39 is 17.3 Å². The summed E-state index contributed by atoms with van der Waals surface area (Å²) in [6.07, 6.45) is 0.578. The van der Waals surface area contributed by atoms with E-state index in [9.17, 15) is 14.0 Å². The van der Waals surface area contributed by atoms with Crippen molar-refractivity contribution in [3.63, 3.8) is 0 Å². The minimum absolute atomic E-state index is 0.00869. The van der Waals surface area contributed by atoms with Crippen molar-refractivity contribution in [1.82, 2.24) is 10.3 Å². The van der Waals surface area contributed by atoms with Gasteiger partial charge in [-0.3, -0.25) is 9.59 Å². The Bertz CT molecular complexity index is 842. The molecule has 23 heavy (non-hydrogen) atoms. The molecule has 1 aromatic carbocycles. The fourth-order valence-electron chi connectivity index (χ4n) is 2.95. The molecule has 0 atom stereocenters. The number of hydrogen-bond acceptors (Lipinski definition) is 3. The highest BCUT2D eigenvalue weighted by molar-refractivity contribution is 6.05. The van der Waals surface area contributed by atoms with Gasteiger partial charge in [-0.25, -0.2) is 4.39 Å². The maximum Gasteiger partial charge on any atom is 0.261 e. The molecular weight excluding hydrogens is 297 g/mol. The summed E-state index contributed by atoms with van der Waals surface area (Å²) in [6.45, 7) is 4.76. The zero-order valence-corrected chi connectivity index (χ0v) is 13.0. The van der Waals surface area contributed by atoms with E-state index in [-0.39, 0.29) is 11.3 Å². The van der Waals surface area contributed by atoms with Crippen LogP contribution in [0.15, 0.2) is 23.0 Å². The number of aromatic amines is 1. The molecule has 0 fully saturated rings. The highest BCUT2D eigenvalue weighted by Gasteiger charge is 2.20. The van der Waals surface area contributed by atoms with E-state index in [4.69, 9.17) is 0 Å². The smallest absolute Gasteiger partial charge is 0.261 e. The molecule has 1 amide bonds. The molecule has 1 aromatic heterocycles. The molecule has 3 rings (SSSR count). The number of benzene rings is 1. The molecule has 6 heteroatoms. The molecule has 0 radical (unpaired) electrons. The van der Waals surface area contributed by atoms with E-state index in [2.05, 4.69) is 15.6 Å². The molecule has 0 unspecified atom stereocenters. The zero-order valence-electron chi connectivity index (χ0n) is 13.0. The van der Waals surface area contributed by atoms with Crippen LogP contribution < -0.4 is 16.2 Å². The van der Waals surface area contributed by atoms with Gasteiger partial charge in [0.1, 0.15) is 11.4 Å². The molecule has 0 saturated heterocycles. The van der Waals surface area contributed by atoms with Crippen molar-refractivity contribution in [3.05, 3.63) is 62.3 Å². The summed E-state index contributed by atoms with van der Waals surface area (Å²) in [6, 6.07) is 5.05. The normalized spacial score (nSPS) is 13.5. The predicted octanol–water partition coefficient (Wildman–Crippen LogP) is 2.03. The van der Waals surface area contributed by atoms with Gasteiger partial charge in [-0.1, -0.05) is 6.07 Å². The highest BCUT2D eigenvalue weighted by Crippen LogP contribution is 2.25. The summed E-state index contributed by atoms with van der Waals surface area (Å²) < 4.78 is 14.6. The number of amides is 1. The number of nitrogens with one attached hydrogen (secondary N) is 3. The molecule has 120 valence electrons. The van der Waals surface area contributed by atoms with Crippen LogP contribution in [0.5, 0.6) is 0 Å². The number of H-pyrrole nitrogens is 1. The van der Waals surface area contributed by atoms with Crippen LogP contribution in [0.25, 0.3) is 0 Å². The Morgan fingerprint density at radius 3 is 2.83 bits per heavy atom. The highest BCUT2D eigenvalue weighted by atomic mass is 19.1. The average molecular weight is 315 g/mol. The van der Waals surface area contributed by atoms with Crippen molar-refractivity contribution in [1.29, 1.82) is 0 Å². The van der Waals surface area contributed by atoms with E-state index in [0.717, 1.165) is 5.56 Å². The van der Waals surface area contributed by atoms with Gasteiger partial charge in [-0.15, -0.1) is 0 Å². The first kappa shape index (κ1) is 15.4. The van der Waals surface area contributed by atoms with Gasteiger partial charge in [0.25, 0.3) is 11.5 Å². The molecule has 2 heterocycles. The van der Waals surface area contributed by atoms with E-state index in [1.807, 2.05) is 0 Å². The number of fused-ring (bicyclic) bond motifs is 1. The van der Waals surface area contributed by atoms with Gasteiger partial charge < -0.3 is 15.6 Å². The number of aryl methyl sites for hydroxylation is 2. The van der Waals surface area contributed by atoms with Crippen molar-refractivity contribution in [2.24, 2.45) is 0 Å². The van der Waals surface area contributed by atoms with Gasteiger partial charge in [0.15, 0.2) is 0 Å². The molecule has 1 aliphatic rings. The fraction of sp³-hybridized carbons (Fsp3) is 0.294. The van der Waals surface area contributed by atoms with E-state index in [1.165, 1.54) is 6.07 Å². The SMILES string of the molecule is Cc1cc(C)c(C(=O)Nc2ccc3c(c2F)CCNC3)c(=O)[nH]1. The predicted molar refractivity (Wildman–Crippen MR) is 86.3 cm³/mol. The Balaban J connectivity index is 1.94. The van der Waals surface area contributed by atoms with E-state index in [1.54, 1.807) is 26.0 Å². The van der Waals surface area contributed by atoms with Crippen molar-refractivity contribution >= 4 is 11.6 Å². The molecule has 3 N–H and O–H groups in total. The maximum absolute atomic E-state index is 14.6. The number of halogens is 1. The van der Waals surface area contributed by atoms with Crippen molar-refractivity contribution < 1.29 is 9.18 Å². The quantitative estimate of drug-likeness (QED) is 0.794. The van der Waals surface area contributed by atoms with Crippen LogP contribution >= 0.6 is 0 Å². The Morgan fingerprint density at radius 2 is 2.09 bits per heavy atom. The van der Waals surface area contributed by atoms with Crippen molar-refractivity contribution in [2.75, 3.05) is 11.9 Å². The van der Waals surface area contributed by atoms with Crippen LogP contribution in [0.2, 0.25) is 0 Å². The second-order valence-electron chi connectivity index (χ2n) is 5.79. The third kappa shape index (κ3) is 2.90. The second-order valence-corrected chi connectivity index (χ2v) is 5.79. The van der Waals surface area contributed by atoms with Crippen LogP contribution in [0.1, 0.15) is 32.7 Å². The van der Waals surface area contributed by atoms with E-state index >= 15 is 0 Å². The zero-order chi connectivity index (χ0) is 16.6. The van der Waals surface area contributed by atoms with Gasteiger partial charge in [-0.2, -0.15) is 0 Å². The first-order valence-electron chi connectivity index (χ1n) is 7.50. The lowest BCUT2D eigenvalue weighted by molar-refractivity contribution is 0.102. The van der Waals surface area contributed by atoms with Crippen LogP contribution in [0, 0.1) is 19.7 Å². The largest absolute Gasteiger partial charge is 0.326 e. The number of carbonyl (C=O) groups is 1. The summed E-state index contributed by atoms with van der Waals surface area (Å²) in [7, 11) is 0. The number of hydrogen-bond donors (Lipinski definition) is 3. The topological polar surface area (TPSA) is 74.0 Å². The molecule has 0 saturated carbocycles. The van der Waals surface area contributed by atoms with Crippen LogP contribution in [-0.4, -0.2) is 17.4 Å². The summed E-state index contributed by atoms with van der Waals surface area (Å²) >= 11 is 0. The minimum Gasteiger partial charge on any atom is -0.326 e. The van der Waals surface area contributed by atoms with Gasteiger partial charge in [0, 0.05) is 12.2 Å². The van der Waals surface area contributed by atoms with Crippen LogP contribution in [0.3, 0.4) is 0 Å². The second kappa shape index (κ2) is 5.96. The maximum atomic E-state index is 14.6. The summed E-state index contributed by atoms with van der Waals surface area (Å²) in [5, 5.41) is 5.70. The molecule has 5 nitrogen and oxygen atoms in total. The molecule has 0 bridgehead atoms. The van der Waals surface area contributed by atoms with E-state index in [0.29, 0.717) is 36.3 Å². The number of aromatic nitrogens is 1. The summed E-state index contributed by atoms with van der Waals surface area (Å²) in [5.41, 5.74) is 2.40. The number of rotatable bonds is 2. The van der Waals surface area contributed by atoms with Crippen LogP contribution in [0.4, 0.5) is 10.1 Å². The Kier molecular flexibility index (Phi) is 4.00. The van der Waals surface area contributed by atoms with Crippen molar-refractivity contribution in [3.8, 4) is 0 Å². The first-order valence-corrected chi connectivity index (χ1v) is 7.50. The Hall–Kier alpha value is -2.47. The Morgan fingerprint density at radius 1 is 1.30 bits per heavy atom. The number of carbonyl (C=O) groups excluding carboxylic acids is 1. The summed E-state index contributed by atoms with van der Waals surface area (Å²) in [4.78, 5) is 27.0. The fourth-order valence-corrected chi connectivity index (χ4v) is 2.95. The molecule has 2 aromatic rings. The number of pyridine rings is 1. The van der Waals surface area contributed by atoms with Crippen molar-refractivity contribution in [2.45, 2.75) is 26.8 Å². The van der Waals surface area contributed by atoms with Gasteiger partial charge >= 0.3 is 0 Å². The first-order chi connectivity index (χ1) is 11.0. The lowest BCUT2D eigenvalue weighted by atomic mass is 9.99. The van der Waals surface area contributed by atoms with Gasteiger partial charge in [-0.05, 0) is 55.6 Å². The van der Waals surface area contributed by atoms with Gasteiger partial charge in [0.2, 0.25) is 0 Å². The molecule has 1 aliphatic heterocycles. The van der Waals surface area contributed by atoms with Gasteiger partial charge in [0.05, 0.1) is 5.69 Å². The molecule has 0 aliphatic carbocycles. The number of anilines is 1. The lowest BCUT2D eigenvalue weighted by Gasteiger charge is -2.19.